The first kappa shape index (κ1) is 38.9. The maximum Gasteiger partial charge on any atom is 0.341 e. The minimum absolute atomic E-state index is 0.0265. The molecule has 1 aliphatic rings. The molecule has 5 aromatic rings. The summed E-state index contributed by atoms with van der Waals surface area (Å²) in [7, 11) is 4.40. The number of thioether (sulfide) groups is 1. The quantitative estimate of drug-likeness (QED) is 0.0618. The largest absolute Gasteiger partial charge is 0.497 e. The number of esters is 1. The van der Waals surface area contributed by atoms with Crippen molar-refractivity contribution in [3.05, 3.63) is 142 Å². The molecular formula is C43H41N3O7S2. The van der Waals surface area contributed by atoms with E-state index >= 15 is 0 Å². The van der Waals surface area contributed by atoms with Crippen LogP contribution in [0, 0.1) is 0 Å². The second-order valence-corrected chi connectivity index (χ2v) is 15.3. The Labute approximate surface area is 328 Å². The van der Waals surface area contributed by atoms with Crippen LogP contribution in [0.2, 0.25) is 0 Å². The van der Waals surface area contributed by atoms with Crippen LogP contribution >= 0.6 is 23.1 Å². The number of hydrogen-bond donors (Lipinski definition) is 3. The Morgan fingerprint density at radius 3 is 2.31 bits per heavy atom. The zero-order valence-corrected chi connectivity index (χ0v) is 32.5. The molecular weight excluding hydrogens is 735 g/mol. The molecule has 0 bridgehead atoms. The molecule has 3 N–H and O–H groups in total. The van der Waals surface area contributed by atoms with Gasteiger partial charge in [-0.3, -0.25) is 14.4 Å². The lowest BCUT2D eigenvalue weighted by molar-refractivity contribution is -0.115. The van der Waals surface area contributed by atoms with Crippen LogP contribution < -0.4 is 25.4 Å². The Morgan fingerprint density at radius 1 is 0.855 bits per heavy atom. The SMILES string of the molecule is COC(=O)c1c(NC(=O)C(C)Sc2cccc(NC(=O)/C(=C\c3cc(OC)ccc3OC)NC(=O)c3ccccc3)c2)sc2c1CCC(c1ccccc1)C2. The van der Waals surface area contributed by atoms with Crippen LogP contribution in [-0.2, 0) is 27.2 Å². The number of carbonyl (C=O) groups is 4. The number of methoxy groups -OCH3 is 3. The van der Waals surface area contributed by atoms with Crippen molar-refractivity contribution in [2.45, 2.75) is 42.2 Å². The van der Waals surface area contributed by atoms with E-state index < -0.39 is 23.0 Å². The van der Waals surface area contributed by atoms with Crippen molar-refractivity contribution in [1.29, 1.82) is 0 Å². The van der Waals surface area contributed by atoms with Gasteiger partial charge in [-0.05, 0) is 97.8 Å². The molecule has 2 unspecified atom stereocenters. The van der Waals surface area contributed by atoms with E-state index in [2.05, 4.69) is 28.1 Å². The van der Waals surface area contributed by atoms with Gasteiger partial charge >= 0.3 is 5.97 Å². The van der Waals surface area contributed by atoms with Gasteiger partial charge in [0.2, 0.25) is 5.91 Å². The van der Waals surface area contributed by atoms with Gasteiger partial charge in [-0.25, -0.2) is 4.79 Å². The molecule has 55 heavy (non-hydrogen) atoms. The number of fused-ring (bicyclic) bond motifs is 1. The molecule has 0 spiro atoms. The molecule has 282 valence electrons. The molecule has 2 atom stereocenters. The number of nitrogens with one attached hydrogen (secondary N) is 3. The van der Waals surface area contributed by atoms with Crippen molar-refractivity contribution in [3.63, 3.8) is 0 Å². The highest BCUT2D eigenvalue weighted by molar-refractivity contribution is 8.00. The molecule has 4 aromatic carbocycles. The number of hydrogen-bond acceptors (Lipinski definition) is 9. The van der Waals surface area contributed by atoms with Crippen LogP contribution in [0.5, 0.6) is 11.5 Å². The summed E-state index contributed by atoms with van der Waals surface area (Å²) in [6, 6.07) is 31.1. The van der Waals surface area contributed by atoms with Crippen LogP contribution in [-0.4, -0.2) is 50.3 Å². The van der Waals surface area contributed by atoms with Gasteiger partial charge < -0.3 is 30.2 Å². The van der Waals surface area contributed by atoms with Crippen molar-refractivity contribution >= 4 is 63.6 Å². The maximum absolute atomic E-state index is 13.8. The highest BCUT2D eigenvalue weighted by Crippen LogP contribution is 2.43. The van der Waals surface area contributed by atoms with Gasteiger partial charge in [-0.1, -0.05) is 54.6 Å². The number of rotatable bonds is 13. The summed E-state index contributed by atoms with van der Waals surface area (Å²) in [4.78, 5) is 55.4. The summed E-state index contributed by atoms with van der Waals surface area (Å²) >= 11 is 2.74. The molecule has 3 amide bonds. The average Bonchev–Trinajstić information content (AvgIpc) is 3.57. The second kappa shape index (κ2) is 18.0. The lowest BCUT2D eigenvalue weighted by atomic mass is 9.83. The van der Waals surface area contributed by atoms with E-state index in [1.807, 2.05) is 24.3 Å². The van der Waals surface area contributed by atoms with Crippen molar-refractivity contribution < 1.29 is 33.4 Å². The van der Waals surface area contributed by atoms with Crippen molar-refractivity contribution in [1.82, 2.24) is 5.32 Å². The van der Waals surface area contributed by atoms with E-state index in [-0.39, 0.29) is 11.6 Å². The highest BCUT2D eigenvalue weighted by Gasteiger charge is 2.31. The monoisotopic (exact) mass is 775 g/mol. The fraction of sp³-hybridized carbons (Fsp3) is 0.209. The predicted molar refractivity (Wildman–Crippen MR) is 217 cm³/mol. The van der Waals surface area contributed by atoms with E-state index in [4.69, 9.17) is 14.2 Å². The summed E-state index contributed by atoms with van der Waals surface area (Å²) in [6.45, 7) is 1.78. The number of anilines is 2. The molecule has 10 nitrogen and oxygen atoms in total. The Morgan fingerprint density at radius 2 is 1.60 bits per heavy atom. The summed E-state index contributed by atoms with van der Waals surface area (Å²) < 4.78 is 16.0. The van der Waals surface area contributed by atoms with Crippen LogP contribution in [0.4, 0.5) is 10.7 Å². The molecule has 0 aliphatic heterocycles. The molecule has 1 aliphatic carbocycles. The molecule has 12 heteroatoms. The third-order valence-corrected chi connectivity index (χ3v) is 11.5. The van der Waals surface area contributed by atoms with Crippen molar-refractivity contribution in [2.24, 2.45) is 0 Å². The van der Waals surface area contributed by atoms with E-state index in [1.54, 1.807) is 73.7 Å². The number of ether oxygens (including phenoxy) is 3. The van der Waals surface area contributed by atoms with Crippen LogP contribution in [0.1, 0.15) is 61.5 Å². The minimum Gasteiger partial charge on any atom is -0.497 e. The van der Waals surface area contributed by atoms with Crippen LogP contribution in [0.25, 0.3) is 6.08 Å². The highest BCUT2D eigenvalue weighted by atomic mass is 32.2. The second-order valence-electron chi connectivity index (χ2n) is 12.8. The van der Waals surface area contributed by atoms with Crippen LogP contribution in [0.15, 0.2) is 114 Å². The van der Waals surface area contributed by atoms with Gasteiger partial charge in [0, 0.05) is 26.6 Å². The first-order valence-electron chi connectivity index (χ1n) is 17.6. The molecule has 6 rings (SSSR count). The number of carbonyl (C=O) groups excluding carboxylic acids is 4. The summed E-state index contributed by atoms with van der Waals surface area (Å²) in [5.41, 5.74) is 3.95. The zero-order chi connectivity index (χ0) is 38.9. The summed E-state index contributed by atoms with van der Waals surface area (Å²) in [5, 5.41) is 8.57. The first-order chi connectivity index (χ1) is 26.7. The molecule has 0 fully saturated rings. The maximum atomic E-state index is 13.8. The Balaban J connectivity index is 1.18. The van der Waals surface area contributed by atoms with E-state index in [0.717, 1.165) is 28.2 Å². The molecule has 0 radical (unpaired) electrons. The Hall–Kier alpha value is -5.85. The Kier molecular flexibility index (Phi) is 12.7. The van der Waals surface area contributed by atoms with Crippen LogP contribution in [0.3, 0.4) is 0 Å². The lowest BCUT2D eigenvalue weighted by Crippen LogP contribution is -2.30. The Bertz CT molecular complexity index is 2220. The number of amides is 3. The standard InChI is InChI=1S/C43H41N3O7S2/c1-26(39(47)46-42-38(43(50)53-4)34-20-18-29(24-37(34)55-42)27-12-7-5-8-13-27)54-33-17-11-16-31(25-33)44-41(49)35(45-40(48)28-14-9-6-10-15-28)23-30-22-32(51-2)19-21-36(30)52-3/h5-17,19,21-23,25-26,29H,18,20,24H2,1-4H3,(H,44,49)(H,45,48)(H,46,47)/b35-23+. The van der Waals surface area contributed by atoms with E-state index in [0.29, 0.717) is 51.2 Å². The van der Waals surface area contributed by atoms with Gasteiger partial charge in [0.25, 0.3) is 11.8 Å². The van der Waals surface area contributed by atoms with Crippen molar-refractivity contribution in [2.75, 3.05) is 32.0 Å². The van der Waals surface area contributed by atoms with Gasteiger partial charge in [-0.15, -0.1) is 23.1 Å². The minimum atomic E-state index is -0.575. The molecule has 0 saturated heterocycles. The average molecular weight is 776 g/mol. The fourth-order valence-corrected chi connectivity index (χ4v) is 8.61. The van der Waals surface area contributed by atoms with E-state index in [9.17, 15) is 19.2 Å². The third kappa shape index (κ3) is 9.45. The third-order valence-electron chi connectivity index (χ3n) is 9.20. The topological polar surface area (TPSA) is 132 Å². The fourth-order valence-electron chi connectivity index (χ4n) is 6.37. The van der Waals surface area contributed by atoms with Gasteiger partial charge in [-0.2, -0.15) is 0 Å². The molecule has 0 saturated carbocycles. The summed E-state index contributed by atoms with van der Waals surface area (Å²) in [5.74, 6) is -0.430. The zero-order valence-electron chi connectivity index (χ0n) is 30.8. The number of thiophene rings is 1. The summed E-state index contributed by atoms with van der Waals surface area (Å²) in [6.07, 6.45) is 3.92. The van der Waals surface area contributed by atoms with Gasteiger partial charge in [0.15, 0.2) is 0 Å². The molecule has 1 aromatic heterocycles. The van der Waals surface area contributed by atoms with Gasteiger partial charge in [0.05, 0.1) is 32.1 Å². The van der Waals surface area contributed by atoms with Crippen molar-refractivity contribution in [3.8, 4) is 11.5 Å². The smallest absolute Gasteiger partial charge is 0.341 e. The van der Waals surface area contributed by atoms with E-state index in [1.165, 1.54) is 56.1 Å². The predicted octanol–water partition coefficient (Wildman–Crippen LogP) is 8.35. The van der Waals surface area contributed by atoms with Gasteiger partial charge in [0.1, 0.15) is 22.2 Å². The molecule has 1 heterocycles. The lowest BCUT2D eigenvalue weighted by Gasteiger charge is -2.22. The normalized spacial score (nSPS) is 14.2. The first-order valence-corrected chi connectivity index (χ1v) is 19.3. The number of benzene rings is 4.